The highest BCUT2D eigenvalue weighted by molar-refractivity contribution is 9.10. The summed E-state index contributed by atoms with van der Waals surface area (Å²) in [6.07, 6.45) is 7.52. The van der Waals surface area contributed by atoms with Gasteiger partial charge in [-0.3, -0.25) is 0 Å². The van der Waals surface area contributed by atoms with E-state index in [1.807, 2.05) is 0 Å². The Morgan fingerprint density at radius 3 is 2.76 bits per heavy atom. The van der Waals surface area contributed by atoms with Crippen LogP contribution in [0.5, 0.6) is 0 Å². The van der Waals surface area contributed by atoms with Crippen LogP contribution in [-0.4, -0.2) is 22.6 Å². The number of hydrogen-bond acceptors (Lipinski definition) is 4. The first-order chi connectivity index (χ1) is 12.2. The normalized spacial score (nSPS) is 18.1. The zero-order valence-corrected chi connectivity index (χ0v) is 16.3. The van der Waals surface area contributed by atoms with Gasteiger partial charge >= 0.3 is 0 Å². The first-order valence-electron chi connectivity index (χ1n) is 9.32. The highest BCUT2D eigenvalue weighted by Crippen LogP contribution is 2.27. The maximum Gasteiger partial charge on any atom is 0.225 e. The lowest BCUT2D eigenvalue weighted by molar-refractivity contribution is 0.460. The monoisotopic (exact) mass is 400 g/mol. The zero-order chi connectivity index (χ0) is 17.2. The van der Waals surface area contributed by atoms with Gasteiger partial charge in [-0.05, 0) is 49.4 Å². The summed E-state index contributed by atoms with van der Waals surface area (Å²) in [4.78, 5) is 11.8. The van der Waals surface area contributed by atoms with Crippen molar-refractivity contribution in [2.75, 3.05) is 16.8 Å². The van der Waals surface area contributed by atoms with Crippen molar-refractivity contribution in [1.29, 1.82) is 0 Å². The summed E-state index contributed by atoms with van der Waals surface area (Å²) in [6, 6.07) is 9.24. The van der Waals surface area contributed by atoms with Gasteiger partial charge < -0.3 is 10.2 Å². The highest BCUT2D eigenvalue weighted by atomic mass is 79.9. The minimum absolute atomic E-state index is 0.529. The van der Waals surface area contributed by atoms with E-state index in [0.29, 0.717) is 6.04 Å². The third-order valence-corrected chi connectivity index (χ3v) is 5.78. The van der Waals surface area contributed by atoms with Crippen molar-refractivity contribution >= 4 is 27.7 Å². The van der Waals surface area contributed by atoms with Crippen LogP contribution in [0.4, 0.5) is 11.8 Å². The molecule has 0 spiro atoms. The van der Waals surface area contributed by atoms with Crippen molar-refractivity contribution < 1.29 is 0 Å². The maximum atomic E-state index is 4.84. The molecule has 1 fully saturated rings. The van der Waals surface area contributed by atoms with Crippen LogP contribution in [0.1, 0.15) is 48.9 Å². The third kappa shape index (κ3) is 3.97. The number of hydrogen-bond donors (Lipinski definition) is 1. The van der Waals surface area contributed by atoms with Crippen molar-refractivity contribution in [3.05, 3.63) is 45.6 Å². The lowest BCUT2D eigenvalue weighted by Crippen LogP contribution is -2.31. The number of halogens is 1. The van der Waals surface area contributed by atoms with Gasteiger partial charge in [0.1, 0.15) is 5.82 Å². The summed E-state index contributed by atoms with van der Waals surface area (Å²) in [7, 11) is 0. The van der Waals surface area contributed by atoms with Crippen LogP contribution in [-0.2, 0) is 13.0 Å². The van der Waals surface area contributed by atoms with Gasteiger partial charge in [0.2, 0.25) is 5.95 Å². The Morgan fingerprint density at radius 1 is 1.08 bits per heavy atom. The number of nitrogens with one attached hydrogen (secondary N) is 1. The largest absolute Gasteiger partial charge is 0.352 e. The summed E-state index contributed by atoms with van der Waals surface area (Å²) in [5, 5.41) is 3.57. The van der Waals surface area contributed by atoms with Crippen molar-refractivity contribution in [1.82, 2.24) is 9.97 Å². The molecule has 4 rings (SSSR count). The van der Waals surface area contributed by atoms with Crippen molar-refractivity contribution in [2.24, 2.45) is 0 Å². The number of aryl methyl sites for hydroxylation is 1. The number of anilines is 2. The topological polar surface area (TPSA) is 41.1 Å². The molecule has 4 nitrogen and oxygen atoms in total. The molecule has 2 heterocycles. The van der Waals surface area contributed by atoms with Crippen LogP contribution in [0.3, 0.4) is 0 Å². The number of fused-ring (bicyclic) bond motifs is 1. The molecule has 1 N–H and O–H groups in total. The van der Waals surface area contributed by atoms with Gasteiger partial charge in [-0.2, -0.15) is 4.98 Å². The molecule has 1 aromatic carbocycles. The molecule has 0 radical (unpaired) electrons. The van der Waals surface area contributed by atoms with Crippen LogP contribution in [0, 0.1) is 6.92 Å². The SMILES string of the molecule is Cc1cc(N2CCc3ccc(Br)cc3C2)nc(NC2CCCCC2)n1. The summed E-state index contributed by atoms with van der Waals surface area (Å²) in [6.45, 7) is 3.98. The second-order valence-corrected chi connectivity index (χ2v) is 8.17. The molecule has 1 saturated carbocycles. The smallest absolute Gasteiger partial charge is 0.225 e. The molecule has 0 amide bonds. The minimum Gasteiger partial charge on any atom is -0.352 e. The summed E-state index contributed by atoms with van der Waals surface area (Å²) < 4.78 is 1.15. The predicted molar refractivity (Wildman–Crippen MR) is 106 cm³/mol. The zero-order valence-electron chi connectivity index (χ0n) is 14.8. The van der Waals surface area contributed by atoms with Crippen molar-refractivity contribution in [2.45, 2.75) is 58.0 Å². The number of nitrogens with zero attached hydrogens (tertiary/aromatic N) is 3. The second kappa shape index (κ2) is 7.32. The standard InChI is InChI=1S/C20H25BrN4/c1-14-11-19(24-20(22-14)23-18-5-3-2-4-6-18)25-10-9-15-7-8-17(21)12-16(15)13-25/h7-8,11-12,18H,2-6,9-10,13H2,1H3,(H,22,23,24). The van der Waals surface area contributed by atoms with E-state index >= 15 is 0 Å². The minimum atomic E-state index is 0.529. The molecular weight excluding hydrogens is 376 g/mol. The molecule has 0 atom stereocenters. The molecule has 2 aliphatic rings. The fraction of sp³-hybridized carbons (Fsp3) is 0.500. The molecule has 5 heteroatoms. The Labute approximate surface area is 158 Å². The molecule has 25 heavy (non-hydrogen) atoms. The van der Waals surface area contributed by atoms with Gasteiger partial charge in [0.25, 0.3) is 0 Å². The average molecular weight is 401 g/mol. The molecule has 132 valence electrons. The Bertz CT molecular complexity index is 755. The van der Waals surface area contributed by atoms with Gasteiger partial charge in [-0.15, -0.1) is 0 Å². The summed E-state index contributed by atoms with van der Waals surface area (Å²) in [5.41, 5.74) is 3.87. The quantitative estimate of drug-likeness (QED) is 0.798. The van der Waals surface area contributed by atoms with Crippen LogP contribution in [0.2, 0.25) is 0 Å². The van der Waals surface area contributed by atoms with E-state index in [0.717, 1.165) is 41.4 Å². The van der Waals surface area contributed by atoms with Crippen molar-refractivity contribution in [3.8, 4) is 0 Å². The summed E-state index contributed by atoms with van der Waals surface area (Å²) in [5.74, 6) is 1.83. The fourth-order valence-corrected chi connectivity index (χ4v) is 4.34. The number of aromatic nitrogens is 2. The predicted octanol–water partition coefficient (Wildman–Crippen LogP) is 4.85. The molecule has 0 unspecified atom stereocenters. The highest BCUT2D eigenvalue weighted by Gasteiger charge is 2.20. The number of benzene rings is 1. The van der Waals surface area contributed by atoms with E-state index in [-0.39, 0.29) is 0 Å². The Morgan fingerprint density at radius 2 is 1.92 bits per heavy atom. The van der Waals surface area contributed by atoms with Crippen LogP contribution >= 0.6 is 15.9 Å². The van der Waals surface area contributed by atoms with E-state index in [9.17, 15) is 0 Å². The maximum absolute atomic E-state index is 4.84. The fourth-order valence-electron chi connectivity index (χ4n) is 3.93. The van der Waals surface area contributed by atoms with Gasteiger partial charge in [0.15, 0.2) is 0 Å². The molecule has 0 bridgehead atoms. The molecule has 1 aliphatic heterocycles. The van der Waals surface area contributed by atoms with Crippen LogP contribution in [0.15, 0.2) is 28.7 Å². The van der Waals surface area contributed by atoms with Crippen molar-refractivity contribution in [3.63, 3.8) is 0 Å². The van der Waals surface area contributed by atoms with E-state index in [2.05, 4.69) is 62.3 Å². The first-order valence-corrected chi connectivity index (χ1v) is 10.1. The molecule has 0 saturated heterocycles. The van der Waals surface area contributed by atoms with E-state index in [4.69, 9.17) is 4.98 Å². The lowest BCUT2D eigenvalue weighted by Gasteiger charge is -2.30. The van der Waals surface area contributed by atoms with E-state index in [1.165, 1.54) is 43.2 Å². The number of rotatable bonds is 3. The van der Waals surface area contributed by atoms with E-state index < -0.39 is 0 Å². The van der Waals surface area contributed by atoms with E-state index in [1.54, 1.807) is 0 Å². The molecule has 2 aromatic rings. The first kappa shape index (κ1) is 16.8. The second-order valence-electron chi connectivity index (χ2n) is 7.25. The van der Waals surface area contributed by atoms with Gasteiger partial charge in [-0.25, -0.2) is 4.98 Å². The molecular formula is C20H25BrN4. The lowest BCUT2D eigenvalue weighted by atomic mass is 9.96. The molecule has 1 aromatic heterocycles. The molecule has 1 aliphatic carbocycles. The van der Waals surface area contributed by atoms with Crippen LogP contribution in [0.25, 0.3) is 0 Å². The Balaban J connectivity index is 1.54. The van der Waals surface area contributed by atoms with Gasteiger partial charge in [-0.1, -0.05) is 41.3 Å². The average Bonchev–Trinajstić information content (AvgIpc) is 2.61. The third-order valence-electron chi connectivity index (χ3n) is 5.28. The van der Waals surface area contributed by atoms with Crippen LogP contribution < -0.4 is 10.2 Å². The van der Waals surface area contributed by atoms with Gasteiger partial charge in [0.05, 0.1) is 0 Å². The summed E-state index contributed by atoms with van der Waals surface area (Å²) >= 11 is 3.59. The Kier molecular flexibility index (Phi) is 4.93. The Hall–Kier alpha value is -1.62. The van der Waals surface area contributed by atoms with Gasteiger partial charge in [0, 0.05) is 35.4 Å².